The van der Waals surface area contributed by atoms with Crippen molar-refractivity contribution >= 4 is 34.3 Å². The highest BCUT2D eigenvalue weighted by molar-refractivity contribution is 7.07. The van der Waals surface area contributed by atoms with Crippen LogP contribution in [-0.4, -0.2) is 52.9 Å². The van der Waals surface area contributed by atoms with E-state index in [-0.39, 0.29) is 29.2 Å². The van der Waals surface area contributed by atoms with Crippen molar-refractivity contribution in [3.8, 4) is 0 Å². The fraction of sp³-hybridized carbons (Fsp3) is 0.524. The van der Waals surface area contributed by atoms with E-state index in [2.05, 4.69) is 29.0 Å². The number of piperazine rings is 1. The van der Waals surface area contributed by atoms with E-state index < -0.39 is 16.6 Å². The van der Waals surface area contributed by atoms with Crippen LogP contribution in [0.2, 0.25) is 0 Å². The van der Waals surface area contributed by atoms with E-state index in [0.29, 0.717) is 36.7 Å². The van der Waals surface area contributed by atoms with Gasteiger partial charge < -0.3 is 10.2 Å². The van der Waals surface area contributed by atoms with E-state index in [4.69, 9.17) is 0 Å². The number of carbonyl (C=O) groups is 1. The van der Waals surface area contributed by atoms with Gasteiger partial charge in [-0.2, -0.15) is 0 Å². The summed E-state index contributed by atoms with van der Waals surface area (Å²) in [6, 6.07) is 1.49. The molecule has 31 heavy (non-hydrogen) atoms. The molecule has 1 aromatic carbocycles. The lowest BCUT2D eigenvalue weighted by molar-refractivity contribution is -0.384. The summed E-state index contributed by atoms with van der Waals surface area (Å²) in [7, 11) is 2.03. The highest BCUT2D eigenvalue weighted by Gasteiger charge is 2.36. The van der Waals surface area contributed by atoms with Gasteiger partial charge in [0.2, 0.25) is 0 Å². The van der Waals surface area contributed by atoms with Crippen LogP contribution in [0.25, 0.3) is 0 Å². The predicted octanol–water partition coefficient (Wildman–Crippen LogP) is 3.92. The maximum absolute atomic E-state index is 15.7. The molecule has 0 radical (unpaired) electrons. The monoisotopic (exact) mass is 447 g/mol. The lowest BCUT2D eigenvalue weighted by Gasteiger charge is -2.43. The first-order valence-corrected chi connectivity index (χ1v) is 11.4. The minimum absolute atomic E-state index is 0.154. The van der Waals surface area contributed by atoms with Gasteiger partial charge in [-0.25, -0.2) is 9.37 Å². The zero-order valence-corrected chi connectivity index (χ0v) is 18.6. The number of hydrogen-bond donors (Lipinski definition) is 1. The van der Waals surface area contributed by atoms with Crippen LogP contribution in [-0.2, 0) is 6.42 Å². The van der Waals surface area contributed by atoms with Crippen molar-refractivity contribution in [1.29, 1.82) is 0 Å². The van der Waals surface area contributed by atoms with E-state index in [1.807, 2.05) is 11.9 Å². The quantitative estimate of drug-likeness (QED) is 0.533. The standard InChI is InChI=1S/C21H26FN5O3S/c1-12-8-26(9-13(2)25(12)3)20-15(6-14-4-5-14)19(22)16(7-18(20)27(29)30)24-21(28)17-10-31-11-23-17/h7,10-14H,4-6,8-9H2,1-3H3,(H,24,28). The fourth-order valence-electron chi connectivity index (χ4n) is 4.17. The molecule has 1 N–H and O–H groups in total. The number of rotatable bonds is 6. The minimum atomic E-state index is -0.588. The first-order valence-electron chi connectivity index (χ1n) is 10.4. The average molecular weight is 448 g/mol. The molecule has 1 saturated heterocycles. The maximum Gasteiger partial charge on any atom is 0.295 e. The molecule has 2 atom stereocenters. The average Bonchev–Trinajstić information content (AvgIpc) is 3.36. The van der Waals surface area contributed by atoms with E-state index in [1.165, 1.54) is 16.8 Å². The molecule has 10 heteroatoms. The van der Waals surface area contributed by atoms with E-state index in [9.17, 15) is 14.9 Å². The Morgan fingerprint density at radius 2 is 2.03 bits per heavy atom. The summed E-state index contributed by atoms with van der Waals surface area (Å²) >= 11 is 1.25. The van der Waals surface area contributed by atoms with Crippen LogP contribution in [0, 0.1) is 21.8 Å². The Bertz CT molecular complexity index is 983. The number of nitrogens with one attached hydrogen (secondary N) is 1. The molecule has 1 saturated carbocycles. The number of amides is 1. The number of thiazole rings is 1. The summed E-state index contributed by atoms with van der Waals surface area (Å²) in [5, 5.41) is 16.1. The van der Waals surface area contributed by atoms with Crippen molar-refractivity contribution in [2.45, 2.75) is 45.2 Å². The zero-order chi connectivity index (χ0) is 22.3. The largest absolute Gasteiger partial charge is 0.363 e. The van der Waals surface area contributed by atoms with Crippen LogP contribution < -0.4 is 10.2 Å². The zero-order valence-electron chi connectivity index (χ0n) is 17.8. The molecule has 2 heterocycles. The Kier molecular flexibility index (Phi) is 5.94. The molecule has 8 nitrogen and oxygen atoms in total. The molecule has 1 aromatic heterocycles. The molecule has 2 aromatic rings. The minimum Gasteiger partial charge on any atom is -0.363 e. The van der Waals surface area contributed by atoms with Crippen LogP contribution in [0.4, 0.5) is 21.5 Å². The van der Waals surface area contributed by atoms with Crippen LogP contribution in [0.3, 0.4) is 0 Å². The molecule has 1 amide bonds. The molecule has 2 unspecified atom stereocenters. The first kappa shape index (κ1) is 21.6. The number of carbonyl (C=O) groups excluding carboxylic acids is 1. The molecule has 1 aliphatic carbocycles. The molecule has 1 aliphatic heterocycles. The Hall–Kier alpha value is -2.59. The van der Waals surface area contributed by atoms with Gasteiger partial charge in [0.1, 0.15) is 11.4 Å². The Labute approximate surface area is 184 Å². The third-order valence-electron chi connectivity index (χ3n) is 6.29. The topological polar surface area (TPSA) is 91.6 Å². The Morgan fingerprint density at radius 3 is 2.58 bits per heavy atom. The van der Waals surface area contributed by atoms with Crippen molar-refractivity contribution in [3.63, 3.8) is 0 Å². The van der Waals surface area contributed by atoms with Crippen LogP contribution in [0.5, 0.6) is 0 Å². The van der Waals surface area contributed by atoms with Crippen molar-refractivity contribution in [2.24, 2.45) is 5.92 Å². The second-order valence-corrected chi connectivity index (χ2v) is 9.30. The molecule has 0 spiro atoms. The van der Waals surface area contributed by atoms with E-state index in [0.717, 1.165) is 18.9 Å². The SMILES string of the molecule is CC1CN(c2c([N+](=O)[O-])cc(NC(=O)c3cscn3)c(F)c2CC2CC2)CC(C)N1C. The highest BCUT2D eigenvalue weighted by atomic mass is 32.1. The Morgan fingerprint density at radius 1 is 1.35 bits per heavy atom. The van der Waals surface area contributed by atoms with Gasteiger partial charge in [-0.05, 0) is 46.1 Å². The number of benzene rings is 1. The van der Waals surface area contributed by atoms with Crippen molar-refractivity contribution in [1.82, 2.24) is 9.88 Å². The third kappa shape index (κ3) is 4.40. The van der Waals surface area contributed by atoms with Gasteiger partial charge in [-0.15, -0.1) is 11.3 Å². The number of likely N-dealkylation sites (N-methyl/N-ethyl adjacent to an activating group) is 1. The van der Waals surface area contributed by atoms with Gasteiger partial charge in [-0.3, -0.25) is 19.8 Å². The smallest absolute Gasteiger partial charge is 0.295 e. The summed E-state index contributed by atoms with van der Waals surface area (Å²) in [6.07, 6.45) is 2.40. The molecular formula is C21H26FN5O3S. The summed E-state index contributed by atoms with van der Waals surface area (Å²) < 4.78 is 15.7. The van der Waals surface area contributed by atoms with Gasteiger partial charge in [-0.1, -0.05) is 0 Å². The van der Waals surface area contributed by atoms with Crippen LogP contribution >= 0.6 is 11.3 Å². The molecule has 0 bridgehead atoms. The van der Waals surface area contributed by atoms with Gasteiger partial charge in [0, 0.05) is 42.2 Å². The molecule has 166 valence electrons. The van der Waals surface area contributed by atoms with Crippen molar-refractivity contribution < 1.29 is 14.1 Å². The highest BCUT2D eigenvalue weighted by Crippen LogP contribution is 2.44. The number of nitro benzene ring substituents is 1. The predicted molar refractivity (Wildman–Crippen MR) is 118 cm³/mol. The first-order chi connectivity index (χ1) is 14.8. The maximum atomic E-state index is 15.7. The number of hydrogen-bond acceptors (Lipinski definition) is 7. The van der Waals surface area contributed by atoms with E-state index >= 15 is 4.39 Å². The summed E-state index contributed by atoms with van der Waals surface area (Å²) in [6.45, 7) is 5.27. The fourth-order valence-corrected chi connectivity index (χ4v) is 4.70. The third-order valence-corrected chi connectivity index (χ3v) is 6.87. The number of nitro groups is 1. The summed E-state index contributed by atoms with van der Waals surface area (Å²) in [5.41, 5.74) is 2.00. The second-order valence-electron chi connectivity index (χ2n) is 8.59. The van der Waals surface area contributed by atoms with Crippen molar-refractivity contribution in [2.75, 3.05) is 30.4 Å². The lowest BCUT2D eigenvalue weighted by atomic mass is 9.99. The van der Waals surface area contributed by atoms with Gasteiger partial charge >= 0.3 is 0 Å². The van der Waals surface area contributed by atoms with Gasteiger partial charge in [0.05, 0.1) is 16.1 Å². The molecule has 4 rings (SSSR count). The summed E-state index contributed by atoms with van der Waals surface area (Å²) in [5.74, 6) is -0.851. The van der Waals surface area contributed by atoms with Crippen LogP contribution in [0.1, 0.15) is 42.7 Å². The second kappa shape index (κ2) is 8.51. The molecule has 2 aliphatic rings. The number of halogens is 1. The number of nitrogens with zero attached hydrogens (tertiary/aromatic N) is 4. The van der Waals surface area contributed by atoms with Crippen molar-refractivity contribution in [3.05, 3.63) is 44.1 Å². The lowest BCUT2D eigenvalue weighted by Crippen LogP contribution is -2.55. The van der Waals surface area contributed by atoms with Gasteiger partial charge in [0.25, 0.3) is 11.6 Å². The normalized spacial score (nSPS) is 21.9. The number of anilines is 2. The molecular weight excluding hydrogens is 421 g/mol. The number of aromatic nitrogens is 1. The Balaban J connectivity index is 1.78. The summed E-state index contributed by atoms with van der Waals surface area (Å²) in [4.78, 5) is 32.1. The van der Waals surface area contributed by atoms with Gasteiger partial charge in [0.15, 0.2) is 5.82 Å². The van der Waals surface area contributed by atoms with Crippen LogP contribution in [0.15, 0.2) is 17.0 Å². The van der Waals surface area contributed by atoms with E-state index in [1.54, 1.807) is 5.38 Å². The molecule has 2 fully saturated rings.